The van der Waals surface area contributed by atoms with Crippen molar-refractivity contribution in [3.05, 3.63) is 96.6 Å². The van der Waals surface area contributed by atoms with Crippen LogP contribution in [0, 0.1) is 0 Å². The molecule has 2 aliphatic rings. The van der Waals surface area contributed by atoms with E-state index in [1.165, 1.54) is 12.1 Å². The summed E-state index contributed by atoms with van der Waals surface area (Å²) >= 11 is -4.31. The van der Waals surface area contributed by atoms with Crippen molar-refractivity contribution >= 4 is 78.3 Å². The van der Waals surface area contributed by atoms with E-state index in [9.17, 15) is 41.5 Å². The molecule has 0 saturated carbocycles. The molecule has 0 radical (unpaired) electrons. The predicted octanol–water partition coefficient (Wildman–Crippen LogP) is 1.48. The molecule has 2 heterocycles. The second-order valence-electron chi connectivity index (χ2n) is 9.91. The Balaban J connectivity index is 0.000000229. The van der Waals surface area contributed by atoms with Gasteiger partial charge in [-0.3, -0.25) is 0 Å². The van der Waals surface area contributed by atoms with Crippen LogP contribution >= 0.6 is 0 Å². The Morgan fingerprint density at radius 3 is 1.50 bits per heavy atom. The number of rotatable bonds is 10. The van der Waals surface area contributed by atoms with Crippen LogP contribution < -0.4 is 6.54 Å². The van der Waals surface area contributed by atoms with E-state index in [0.717, 1.165) is 6.54 Å². The molecule has 3 aromatic rings. The van der Waals surface area contributed by atoms with Crippen LogP contribution in [0.1, 0.15) is 10.4 Å². The first-order chi connectivity index (χ1) is 22.8. The summed E-state index contributed by atoms with van der Waals surface area (Å²) in [5, 5.41) is 8.90. The molecule has 0 bridgehead atoms. The third-order valence-corrected chi connectivity index (χ3v) is 13.9. The van der Waals surface area contributed by atoms with Gasteiger partial charge in [0, 0.05) is 0 Å². The quantitative estimate of drug-likeness (QED) is 0.136. The van der Waals surface area contributed by atoms with Crippen LogP contribution in [-0.4, -0.2) is 126 Å². The molecule has 2 fully saturated rings. The van der Waals surface area contributed by atoms with E-state index >= 15 is 0 Å². The van der Waals surface area contributed by atoms with Crippen LogP contribution in [0.25, 0.3) is 0 Å². The molecule has 1 N–H and O–H groups in total. The summed E-state index contributed by atoms with van der Waals surface area (Å²) in [7, 11) is 0. The number of esters is 3. The van der Waals surface area contributed by atoms with E-state index in [0.29, 0.717) is 0 Å². The summed E-state index contributed by atoms with van der Waals surface area (Å²) in [5.41, 5.74) is 0.214. The van der Waals surface area contributed by atoms with E-state index in [1.54, 1.807) is 78.9 Å². The third kappa shape index (κ3) is 9.54. The van der Waals surface area contributed by atoms with Crippen LogP contribution in [-0.2, 0) is 33.3 Å². The molecule has 17 heteroatoms. The van der Waals surface area contributed by atoms with Gasteiger partial charge in [-0.25, -0.2) is 0 Å². The van der Waals surface area contributed by atoms with Crippen molar-refractivity contribution in [1.29, 1.82) is 0 Å². The Labute approximate surface area is 293 Å². The van der Waals surface area contributed by atoms with Crippen molar-refractivity contribution in [2.75, 3.05) is 13.2 Å². The van der Waals surface area contributed by atoms with Crippen molar-refractivity contribution in [2.45, 2.75) is 36.3 Å². The molecule has 0 aromatic heterocycles. The number of alkyl halides is 4. The van der Waals surface area contributed by atoms with Crippen molar-refractivity contribution < 1.29 is 70.3 Å². The summed E-state index contributed by atoms with van der Waals surface area (Å²) in [4.78, 5) is 58.2. The Morgan fingerprint density at radius 2 is 1.06 bits per heavy atom. The van der Waals surface area contributed by atoms with Crippen LogP contribution in [0.3, 0.4) is 0 Å². The van der Waals surface area contributed by atoms with E-state index in [4.69, 9.17) is 19.3 Å². The fourth-order valence-corrected chi connectivity index (χ4v) is 10.3. The van der Waals surface area contributed by atoms with Crippen LogP contribution in [0.4, 0.5) is 27.2 Å². The minimum atomic E-state index is -4.00. The van der Waals surface area contributed by atoms with Crippen molar-refractivity contribution in [1.82, 2.24) is 0 Å². The van der Waals surface area contributed by atoms with Gasteiger partial charge in [0.15, 0.2) is 0 Å². The van der Waals surface area contributed by atoms with Gasteiger partial charge in [-0.2, -0.15) is 0 Å². The van der Waals surface area contributed by atoms with Crippen LogP contribution in [0.15, 0.2) is 91.0 Å². The average molecular weight is 1070 g/mol. The number of carbonyl (C=O) groups is 5. The molecule has 3 aromatic carbocycles. The molecule has 11 nitrogen and oxygen atoms in total. The number of carbonyl (C=O) groups excluding carboxylic acids is 5. The zero-order valence-electron chi connectivity index (χ0n) is 24.4. The van der Waals surface area contributed by atoms with Gasteiger partial charge in [0.2, 0.25) is 0 Å². The summed E-state index contributed by atoms with van der Waals surface area (Å²) < 4.78 is 78.8. The van der Waals surface area contributed by atoms with E-state index in [2.05, 4.69) is 9.47 Å². The van der Waals surface area contributed by atoms with Gasteiger partial charge in [-0.1, -0.05) is 0 Å². The summed E-state index contributed by atoms with van der Waals surface area (Å²) in [6.07, 6.45) is -7.27. The summed E-state index contributed by atoms with van der Waals surface area (Å²) in [6.45, 7) is -1.47. The number of hydrogen-bond acceptors (Lipinski definition) is 11. The predicted molar refractivity (Wildman–Crippen MR) is 160 cm³/mol. The molecule has 0 amide bonds. The SMILES string of the molecule is O=[C](OC1[C@@H](CO)OC(=O)C1(F)F)[BiH][c]1ccccc1.O=[C](OC1[C@@H](COC(=O)c2ccccc2)OC(=O)C1(F)F)[BiH][c]1ccccc1. The zero-order chi connectivity index (χ0) is 34.9. The van der Waals surface area contributed by atoms with Gasteiger partial charge in [0.25, 0.3) is 0 Å². The van der Waals surface area contributed by atoms with Gasteiger partial charge >= 0.3 is 295 Å². The number of halogens is 4. The van der Waals surface area contributed by atoms with E-state index in [1.807, 2.05) is 0 Å². The number of aliphatic hydroxyl groups is 1. The normalized spacial score (nSPS) is 21.9. The molecule has 2 saturated heterocycles. The molecular weight excluding hydrogens is 1040 g/mol. The van der Waals surface area contributed by atoms with Crippen molar-refractivity contribution in [3.8, 4) is 0 Å². The summed E-state index contributed by atoms with van der Waals surface area (Å²) in [6, 6.07) is 25.3. The number of cyclic esters (lactones) is 2. The molecular formula is C31H26Bi2F4O11. The topological polar surface area (TPSA) is 152 Å². The molecule has 0 spiro atoms. The van der Waals surface area contributed by atoms with Crippen molar-refractivity contribution in [2.24, 2.45) is 0 Å². The molecule has 5 rings (SSSR count). The second-order valence-corrected chi connectivity index (χ2v) is 19.5. The molecule has 4 atom stereocenters. The average Bonchev–Trinajstić information content (AvgIpc) is 3.42. The van der Waals surface area contributed by atoms with E-state index < -0.39 is 121 Å². The number of aliphatic hydroxyl groups excluding tert-OH is 1. The molecule has 0 aliphatic carbocycles. The first kappa shape index (κ1) is 37.3. The maximum atomic E-state index is 14.1. The molecule has 2 aliphatic heterocycles. The van der Waals surface area contributed by atoms with Crippen LogP contribution in [0.2, 0.25) is 0 Å². The Bertz CT molecular complexity index is 1600. The summed E-state index contributed by atoms with van der Waals surface area (Å²) in [5.74, 6) is -12.3. The first-order valence-electron chi connectivity index (χ1n) is 13.9. The van der Waals surface area contributed by atoms with Gasteiger partial charge in [-0.05, 0) is 0 Å². The monoisotopic (exact) mass is 1070 g/mol. The molecule has 254 valence electrons. The van der Waals surface area contributed by atoms with Crippen molar-refractivity contribution in [3.63, 3.8) is 0 Å². The molecule has 2 unspecified atom stereocenters. The number of hydrogen-bond donors (Lipinski definition) is 1. The Hall–Kier alpha value is -3.54. The number of ether oxygens (including phenoxy) is 5. The third-order valence-electron chi connectivity index (χ3n) is 6.53. The Kier molecular flexibility index (Phi) is 13.0. The van der Waals surface area contributed by atoms with Gasteiger partial charge in [0.05, 0.1) is 0 Å². The van der Waals surface area contributed by atoms with Gasteiger partial charge < -0.3 is 0 Å². The fraction of sp³-hybridized carbons (Fsp3) is 0.258. The minimum absolute atomic E-state index is 0.214. The van der Waals surface area contributed by atoms with E-state index in [-0.39, 0.29) is 5.56 Å². The zero-order valence-corrected chi connectivity index (χ0v) is 32.2. The standard InChI is InChI=1S/C13H9F2O6.C6H5F2O5.2C6H5.2Bi.2H/c14-13(15)10(20-7-16)9(21-12(13)18)6-19-11(17)8-4-2-1-3-5-8;7-6(8)4(12-2-10)3(1-9)13-5(6)11;2*1-2-4-6-5-3-1;;;;/h1-5,9-10H,6H2;3-4,9H,1H2;2*1-5H;;;;/t9-,10?;3-,4?;;;;;;/m11....../s1. The first-order valence-corrected chi connectivity index (χ1v) is 21.7. The number of benzene rings is 3. The van der Waals surface area contributed by atoms with Gasteiger partial charge in [0.1, 0.15) is 0 Å². The second kappa shape index (κ2) is 16.7. The molecule has 48 heavy (non-hydrogen) atoms. The Morgan fingerprint density at radius 1 is 0.667 bits per heavy atom. The van der Waals surface area contributed by atoms with Crippen LogP contribution in [0.5, 0.6) is 0 Å². The van der Waals surface area contributed by atoms with Gasteiger partial charge in [-0.15, -0.1) is 0 Å². The fourth-order valence-electron chi connectivity index (χ4n) is 4.19. The maximum absolute atomic E-state index is 14.1.